The number of hydrogen-bond donors (Lipinski definition) is 1. The predicted molar refractivity (Wildman–Crippen MR) is 114 cm³/mol. The fourth-order valence-electron chi connectivity index (χ4n) is 2.99. The third-order valence-electron chi connectivity index (χ3n) is 4.36. The molecule has 4 heteroatoms. The minimum absolute atomic E-state index is 0.145. The van der Waals surface area contributed by atoms with Crippen molar-refractivity contribution in [2.75, 3.05) is 0 Å². The minimum Gasteiger partial charge on any atom is -0.489 e. The van der Waals surface area contributed by atoms with Gasteiger partial charge in [0.1, 0.15) is 18.0 Å². The summed E-state index contributed by atoms with van der Waals surface area (Å²) in [6.07, 6.45) is 0. The standard InChI is InChI=1S/C25H26O4/c1-25(2,3)29-24(27)20-14-12-19(13-15-20)21-10-7-11-23(22(21)16-26)28-17-18-8-5-4-6-9-18/h4-15,26H,16-17H2,1-3H3. The quantitative estimate of drug-likeness (QED) is 0.574. The molecule has 0 aliphatic carbocycles. The van der Waals surface area contributed by atoms with E-state index in [1.807, 2.05) is 81.4 Å². The van der Waals surface area contributed by atoms with E-state index in [1.165, 1.54) is 0 Å². The monoisotopic (exact) mass is 390 g/mol. The first kappa shape index (κ1) is 20.6. The summed E-state index contributed by atoms with van der Waals surface area (Å²) in [5.74, 6) is 0.288. The van der Waals surface area contributed by atoms with Crippen LogP contribution in [0.25, 0.3) is 11.1 Å². The highest BCUT2D eigenvalue weighted by atomic mass is 16.6. The average molecular weight is 390 g/mol. The van der Waals surface area contributed by atoms with Crippen LogP contribution in [0, 0.1) is 0 Å². The largest absolute Gasteiger partial charge is 0.489 e. The van der Waals surface area contributed by atoms with Gasteiger partial charge in [-0.15, -0.1) is 0 Å². The van der Waals surface area contributed by atoms with E-state index in [0.29, 0.717) is 23.5 Å². The first-order valence-electron chi connectivity index (χ1n) is 9.60. The van der Waals surface area contributed by atoms with Crippen LogP contribution in [0.15, 0.2) is 72.8 Å². The Morgan fingerprint density at radius 3 is 2.21 bits per heavy atom. The first-order chi connectivity index (χ1) is 13.9. The number of hydrogen-bond acceptors (Lipinski definition) is 4. The molecule has 3 aromatic carbocycles. The molecule has 0 fully saturated rings. The zero-order valence-corrected chi connectivity index (χ0v) is 17.0. The average Bonchev–Trinajstić information content (AvgIpc) is 2.71. The Morgan fingerprint density at radius 1 is 0.897 bits per heavy atom. The Labute approximate surface area is 171 Å². The van der Waals surface area contributed by atoms with Crippen LogP contribution < -0.4 is 4.74 Å². The molecule has 3 rings (SSSR count). The maximum atomic E-state index is 12.2. The van der Waals surface area contributed by atoms with Crippen molar-refractivity contribution in [3.05, 3.63) is 89.5 Å². The molecule has 0 radical (unpaired) electrons. The number of ether oxygens (including phenoxy) is 2. The molecule has 0 unspecified atom stereocenters. The molecule has 0 amide bonds. The lowest BCUT2D eigenvalue weighted by atomic mass is 9.98. The summed E-state index contributed by atoms with van der Waals surface area (Å²) < 4.78 is 11.4. The van der Waals surface area contributed by atoms with Gasteiger partial charge in [-0.25, -0.2) is 4.79 Å². The van der Waals surface area contributed by atoms with Crippen molar-refractivity contribution < 1.29 is 19.4 Å². The van der Waals surface area contributed by atoms with Crippen molar-refractivity contribution in [1.82, 2.24) is 0 Å². The lowest BCUT2D eigenvalue weighted by Crippen LogP contribution is -2.23. The number of rotatable bonds is 6. The molecular formula is C25H26O4. The van der Waals surface area contributed by atoms with Gasteiger partial charge in [0.2, 0.25) is 0 Å². The molecule has 1 N–H and O–H groups in total. The Balaban J connectivity index is 1.82. The van der Waals surface area contributed by atoms with E-state index in [9.17, 15) is 9.90 Å². The number of aliphatic hydroxyl groups is 1. The number of carbonyl (C=O) groups excluding carboxylic acids is 1. The third-order valence-corrected chi connectivity index (χ3v) is 4.36. The second-order valence-corrected chi connectivity index (χ2v) is 7.79. The van der Waals surface area contributed by atoms with Gasteiger partial charge in [0.15, 0.2) is 0 Å². The van der Waals surface area contributed by atoms with Crippen LogP contribution in [0.5, 0.6) is 5.75 Å². The topological polar surface area (TPSA) is 55.8 Å². The van der Waals surface area contributed by atoms with Gasteiger partial charge in [0.25, 0.3) is 0 Å². The lowest BCUT2D eigenvalue weighted by molar-refractivity contribution is 0.00695. The maximum absolute atomic E-state index is 12.2. The maximum Gasteiger partial charge on any atom is 0.338 e. The van der Waals surface area contributed by atoms with E-state index in [4.69, 9.17) is 9.47 Å². The number of carbonyl (C=O) groups is 1. The highest BCUT2D eigenvalue weighted by Gasteiger charge is 2.18. The lowest BCUT2D eigenvalue weighted by Gasteiger charge is -2.19. The number of benzene rings is 3. The molecule has 0 saturated carbocycles. The van der Waals surface area contributed by atoms with Crippen molar-refractivity contribution >= 4 is 5.97 Å². The summed E-state index contributed by atoms with van der Waals surface area (Å²) >= 11 is 0. The smallest absolute Gasteiger partial charge is 0.338 e. The van der Waals surface area contributed by atoms with Crippen LogP contribution in [0.3, 0.4) is 0 Å². The zero-order valence-electron chi connectivity index (χ0n) is 17.0. The van der Waals surface area contributed by atoms with Gasteiger partial charge in [-0.1, -0.05) is 54.6 Å². The zero-order chi connectivity index (χ0) is 20.9. The second-order valence-electron chi connectivity index (χ2n) is 7.79. The van der Waals surface area contributed by atoms with Gasteiger partial charge in [-0.3, -0.25) is 0 Å². The molecule has 0 aliphatic heterocycles. The Morgan fingerprint density at radius 2 is 1.59 bits per heavy atom. The summed E-state index contributed by atoms with van der Waals surface area (Å²) in [6, 6.07) is 22.8. The fraction of sp³-hybridized carbons (Fsp3) is 0.240. The SMILES string of the molecule is CC(C)(C)OC(=O)c1ccc(-c2cccc(OCc3ccccc3)c2CO)cc1. The molecule has 0 atom stereocenters. The van der Waals surface area contributed by atoms with Gasteiger partial charge >= 0.3 is 5.97 Å². The Hall–Kier alpha value is -3.11. The highest BCUT2D eigenvalue weighted by Crippen LogP contribution is 2.31. The molecule has 0 saturated heterocycles. The van der Waals surface area contributed by atoms with Crippen LogP contribution in [-0.2, 0) is 18.0 Å². The minimum atomic E-state index is -0.537. The summed E-state index contributed by atoms with van der Waals surface area (Å²) in [4.78, 5) is 12.2. The summed E-state index contributed by atoms with van der Waals surface area (Å²) in [7, 11) is 0. The molecule has 29 heavy (non-hydrogen) atoms. The van der Waals surface area contributed by atoms with Crippen LogP contribution in [-0.4, -0.2) is 16.7 Å². The van der Waals surface area contributed by atoms with E-state index in [-0.39, 0.29) is 12.6 Å². The summed E-state index contributed by atoms with van der Waals surface area (Å²) in [5.41, 5.74) is 3.49. The van der Waals surface area contributed by atoms with Gasteiger partial charge in [0, 0.05) is 5.56 Å². The van der Waals surface area contributed by atoms with Crippen molar-refractivity contribution in [2.24, 2.45) is 0 Å². The van der Waals surface area contributed by atoms with Gasteiger partial charge in [-0.05, 0) is 55.7 Å². The van der Waals surface area contributed by atoms with Crippen LogP contribution in [0.2, 0.25) is 0 Å². The van der Waals surface area contributed by atoms with Crippen LogP contribution in [0.1, 0.15) is 42.3 Å². The van der Waals surface area contributed by atoms with E-state index in [1.54, 1.807) is 12.1 Å². The molecule has 0 bridgehead atoms. The van der Waals surface area contributed by atoms with E-state index < -0.39 is 5.60 Å². The van der Waals surface area contributed by atoms with Crippen molar-refractivity contribution in [3.8, 4) is 16.9 Å². The van der Waals surface area contributed by atoms with Crippen molar-refractivity contribution in [1.29, 1.82) is 0 Å². The number of aliphatic hydroxyl groups excluding tert-OH is 1. The molecular weight excluding hydrogens is 364 g/mol. The molecule has 0 aromatic heterocycles. The van der Waals surface area contributed by atoms with Crippen LogP contribution >= 0.6 is 0 Å². The second kappa shape index (κ2) is 8.93. The van der Waals surface area contributed by atoms with Crippen molar-refractivity contribution in [3.63, 3.8) is 0 Å². The number of esters is 1. The first-order valence-corrected chi connectivity index (χ1v) is 9.60. The van der Waals surface area contributed by atoms with Gasteiger partial charge in [0.05, 0.1) is 12.2 Å². The van der Waals surface area contributed by atoms with E-state index >= 15 is 0 Å². The molecule has 3 aromatic rings. The Kier molecular flexibility index (Phi) is 6.35. The fourth-order valence-corrected chi connectivity index (χ4v) is 2.99. The van der Waals surface area contributed by atoms with Crippen molar-refractivity contribution in [2.45, 2.75) is 39.6 Å². The van der Waals surface area contributed by atoms with Gasteiger partial charge < -0.3 is 14.6 Å². The van der Waals surface area contributed by atoms with Gasteiger partial charge in [-0.2, -0.15) is 0 Å². The normalized spacial score (nSPS) is 11.2. The highest BCUT2D eigenvalue weighted by molar-refractivity contribution is 5.90. The van der Waals surface area contributed by atoms with E-state index in [0.717, 1.165) is 16.7 Å². The molecule has 150 valence electrons. The molecule has 4 nitrogen and oxygen atoms in total. The van der Waals surface area contributed by atoms with Crippen LogP contribution in [0.4, 0.5) is 0 Å². The Bertz CT molecular complexity index is 954. The predicted octanol–water partition coefficient (Wildman–Crippen LogP) is 5.38. The summed E-state index contributed by atoms with van der Waals surface area (Å²) in [6.45, 7) is 5.80. The molecule has 0 spiro atoms. The third kappa shape index (κ3) is 5.46. The molecule has 0 aliphatic rings. The summed E-state index contributed by atoms with van der Waals surface area (Å²) in [5, 5.41) is 9.97. The van der Waals surface area contributed by atoms with E-state index in [2.05, 4.69) is 0 Å². The molecule has 0 heterocycles.